The average molecular weight is 222 g/mol. The Labute approximate surface area is 91.6 Å². The fourth-order valence-corrected chi connectivity index (χ4v) is 1.00. The number of alkyl carbamates (subject to hydrolysis) is 1. The van der Waals surface area contributed by atoms with Gasteiger partial charge >= 0.3 is 6.09 Å². The quantitative estimate of drug-likeness (QED) is 0.517. The first-order valence-corrected chi connectivity index (χ1v) is 4.41. The smallest absolute Gasteiger partial charge is 0.410 e. The maximum Gasteiger partial charge on any atom is 0.412 e. The van der Waals surface area contributed by atoms with Gasteiger partial charge in [0.15, 0.2) is 0 Å². The van der Waals surface area contributed by atoms with Crippen LogP contribution in [0, 0.1) is 0 Å². The first-order valence-electron chi connectivity index (χ1n) is 4.41. The van der Waals surface area contributed by atoms with Gasteiger partial charge in [-0.15, -0.1) is 0 Å². The van der Waals surface area contributed by atoms with Gasteiger partial charge in [-0.3, -0.25) is 9.59 Å². The van der Waals surface area contributed by atoms with E-state index in [2.05, 4.69) is 17.2 Å². The average Bonchev–Trinajstić information content (AvgIpc) is 2.29. The van der Waals surface area contributed by atoms with Crippen molar-refractivity contribution in [3.8, 4) is 0 Å². The highest BCUT2D eigenvalue weighted by Crippen LogP contribution is 2.12. The van der Waals surface area contributed by atoms with E-state index < -0.39 is 12.0 Å². The van der Waals surface area contributed by atoms with Crippen LogP contribution in [-0.4, -0.2) is 24.8 Å². The summed E-state index contributed by atoms with van der Waals surface area (Å²) in [6, 6.07) is 0. The highest BCUT2D eigenvalue weighted by molar-refractivity contribution is 6.23. The number of rotatable bonds is 4. The van der Waals surface area contributed by atoms with Gasteiger partial charge in [-0.1, -0.05) is 12.7 Å². The molecule has 0 bridgehead atoms. The zero-order valence-electron chi connectivity index (χ0n) is 8.36. The summed E-state index contributed by atoms with van der Waals surface area (Å²) in [6.45, 7) is 3.86. The van der Waals surface area contributed by atoms with E-state index in [1.807, 2.05) is 0 Å². The molecule has 1 rings (SSSR count). The Balaban J connectivity index is 2.72. The number of ether oxygens (including phenoxy) is 1. The Morgan fingerprint density at radius 3 is 2.94 bits per heavy atom. The maximum absolute atomic E-state index is 10.9. The van der Waals surface area contributed by atoms with Gasteiger partial charge in [-0.05, 0) is 6.08 Å². The van der Waals surface area contributed by atoms with Crippen LogP contribution < -0.4 is 10.6 Å². The molecule has 0 aromatic rings. The van der Waals surface area contributed by atoms with Crippen LogP contribution in [0.25, 0.3) is 0 Å². The molecule has 0 saturated carbocycles. The van der Waals surface area contributed by atoms with E-state index >= 15 is 0 Å². The van der Waals surface area contributed by atoms with Crippen molar-refractivity contribution < 1.29 is 19.1 Å². The van der Waals surface area contributed by atoms with Crippen LogP contribution >= 0.6 is 0 Å². The summed E-state index contributed by atoms with van der Waals surface area (Å²) in [5, 5.41) is 4.63. The molecule has 1 heterocycles. The molecule has 0 aliphatic carbocycles. The third kappa shape index (κ3) is 3.09. The second-order valence-electron chi connectivity index (χ2n) is 2.80. The molecule has 0 aromatic heterocycles. The largest absolute Gasteiger partial charge is 0.412 e. The van der Waals surface area contributed by atoms with Crippen LogP contribution in [0.3, 0.4) is 0 Å². The van der Waals surface area contributed by atoms with E-state index in [9.17, 15) is 14.4 Å². The summed E-state index contributed by atoms with van der Waals surface area (Å²) >= 11 is 0. The Kier molecular flexibility index (Phi) is 4.02. The molecule has 0 radical (unpaired) electrons. The second-order valence-corrected chi connectivity index (χ2v) is 2.80. The molecule has 0 fully saturated rings. The van der Waals surface area contributed by atoms with E-state index in [-0.39, 0.29) is 12.0 Å². The summed E-state index contributed by atoms with van der Waals surface area (Å²) in [6.07, 6.45) is 3.68. The minimum Gasteiger partial charge on any atom is -0.410 e. The number of cyclic esters (lactones) is 1. The summed E-state index contributed by atoms with van der Waals surface area (Å²) in [4.78, 5) is 31.5. The van der Waals surface area contributed by atoms with Crippen LogP contribution in [0.4, 0.5) is 4.79 Å². The molecule has 0 aromatic carbocycles. The van der Waals surface area contributed by atoms with Crippen molar-refractivity contribution in [2.45, 2.75) is 0 Å². The second kappa shape index (κ2) is 5.50. The Morgan fingerprint density at radius 1 is 1.56 bits per heavy atom. The van der Waals surface area contributed by atoms with Crippen LogP contribution in [0.1, 0.15) is 0 Å². The highest BCUT2D eigenvalue weighted by atomic mass is 16.6. The van der Waals surface area contributed by atoms with Gasteiger partial charge < -0.3 is 15.4 Å². The van der Waals surface area contributed by atoms with Gasteiger partial charge in [0.1, 0.15) is 5.76 Å². The number of amides is 2. The lowest BCUT2D eigenvalue weighted by Crippen LogP contribution is -2.31. The lowest BCUT2D eigenvalue weighted by molar-refractivity contribution is -0.130. The SMILES string of the molecule is C=CC1=C(/C=C/NC(=O)C=O)OC(=O)NC1. The minimum absolute atomic E-state index is 0.140. The van der Waals surface area contributed by atoms with Crippen LogP contribution in [0.5, 0.6) is 0 Å². The van der Waals surface area contributed by atoms with Gasteiger partial charge in [-0.2, -0.15) is 0 Å². The number of carbonyl (C=O) groups excluding carboxylic acids is 3. The van der Waals surface area contributed by atoms with E-state index in [1.165, 1.54) is 18.4 Å². The fraction of sp³-hybridized carbons (Fsp3) is 0.100. The predicted molar refractivity (Wildman–Crippen MR) is 55.1 cm³/mol. The lowest BCUT2D eigenvalue weighted by atomic mass is 10.2. The Bertz CT molecular complexity index is 396. The number of carbonyl (C=O) groups is 3. The number of hydrogen-bond donors (Lipinski definition) is 2. The van der Waals surface area contributed by atoms with Crippen molar-refractivity contribution in [3.05, 3.63) is 36.3 Å². The molecule has 0 atom stereocenters. The first kappa shape index (κ1) is 11.7. The van der Waals surface area contributed by atoms with Crippen LogP contribution in [-0.2, 0) is 14.3 Å². The van der Waals surface area contributed by atoms with Gasteiger partial charge in [0, 0.05) is 18.3 Å². The zero-order chi connectivity index (χ0) is 12.0. The fourth-order valence-electron chi connectivity index (χ4n) is 1.00. The van der Waals surface area contributed by atoms with E-state index in [1.54, 1.807) is 0 Å². The Hall–Kier alpha value is -2.37. The summed E-state index contributed by atoms with van der Waals surface area (Å²) in [5.41, 5.74) is 0.677. The number of nitrogens with one attached hydrogen (secondary N) is 2. The number of aldehydes is 1. The molecule has 6 heteroatoms. The lowest BCUT2D eigenvalue weighted by Gasteiger charge is -2.16. The van der Waals surface area contributed by atoms with Crippen molar-refractivity contribution >= 4 is 18.3 Å². The molecule has 0 saturated heterocycles. The first-order chi connectivity index (χ1) is 7.67. The number of hydrogen-bond acceptors (Lipinski definition) is 4. The monoisotopic (exact) mass is 222 g/mol. The minimum atomic E-state index is -0.780. The van der Waals surface area contributed by atoms with Gasteiger partial charge in [0.2, 0.25) is 6.29 Å². The van der Waals surface area contributed by atoms with Crippen molar-refractivity contribution in [3.63, 3.8) is 0 Å². The molecule has 2 N–H and O–H groups in total. The van der Waals surface area contributed by atoms with Gasteiger partial charge in [0.25, 0.3) is 5.91 Å². The molecule has 1 aliphatic heterocycles. The molecule has 6 nitrogen and oxygen atoms in total. The van der Waals surface area contributed by atoms with Crippen molar-refractivity contribution in [2.75, 3.05) is 6.54 Å². The van der Waals surface area contributed by atoms with E-state index in [0.29, 0.717) is 12.1 Å². The van der Waals surface area contributed by atoms with E-state index in [4.69, 9.17) is 4.74 Å². The van der Waals surface area contributed by atoms with Crippen LogP contribution in [0.15, 0.2) is 36.3 Å². The van der Waals surface area contributed by atoms with Crippen LogP contribution in [0.2, 0.25) is 0 Å². The predicted octanol–water partition coefficient (Wildman–Crippen LogP) is -0.00490. The molecule has 16 heavy (non-hydrogen) atoms. The molecule has 0 spiro atoms. The molecule has 0 unspecified atom stereocenters. The summed E-state index contributed by atoms with van der Waals surface area (Å²) in [5.74, 6) is -0.498. The topological polar surface area (TPSA) is 84.5 Å². The van der Waals surface area contributed by atoms with E-state index in [0.717, 1.165) is 0 Å². The normalized spacial score (nSPS) is 15.4. The van der Waals surface area contributed by atoms with Crippen molar-refractivity contribution in [1.29, 1.82) is 0 Å². The van der Waals surface area contributed by atoms with Crippen molar-refractivity contribution in [2.24, 2.45) is 0 Å². The zero-order valence-corrected chi connectivity index (χ0v) is 8.36. The molecule has 1 aliphatic rings. The summed E-state index contributed by atoms with van der Waals surface area (Å²) in [7, 11) is 0. The molecule has 2 amide bonds. The Morgan fingerprint density at radius 2 is 2.31 bits per heavy atom. The standard InChI is InChI=1S/C10H10N2O4/c1-2-7-5-12-10(15)16-8(7)3-4-11-9(14)6-13/h2-4,6H,1,5H2,(H,11,14)(H,12,15)/b4-3+. The highest BCUT2D eigenvalue weighted by Gasteiger charge is 2.15. The van der Waals surface area contributed by atoms with Gasteiger partial charge in [-0.25, -0.2) is 4.79 Å². The van der Waals surface area contributed by atoms with Gasteiger partial charge in [0.05, 0.1) is 0 Å². The number of allylic oxidation sites excluding steroid dienone is 1. The van der Waals surface area contributed by atoms with Crippen molar-refractivity contribution in [1.82, 2.24) is 10.6 Å². The molecular formula is C10H10N2O4. The molecule has 84 valence electrons. The summed E-state index contributed by atoms with van der Waals surface area (Å²) < 4.78 is 4.84. The third-order valence-electron chi connectivity index (χ3n) is 1.76. The third-order valence-corrected chi connectivity index (χ3v) is 1.76. The molecular weight excluding hydrogens is 212 g/mol. The maximum atomic E-state index is 10.9.